The first-order valence-corrected chi connectivity index (χ1v) is 3.90. The van der Waals surface area contributed by atoms with Crippen LogP contribution < -0.4 is 0 Å². The predicted octanol–water partition coefficient (Wildman–Crippen LogP) is 0.957. The van der Waals surface area contributed by atoms with E-state index in [0.717, 1.165) is 12.8 Å². The molecule has 1 saturated carbocycles. The Bertz CT molecular complexity index is 167. The molecule has 0 aliphatic heterocycles. The first-order chi connectivity index (χ1) is 5.04. The van der Waals surface area contributed by atoms with Crippen LogP contribution in [0.25, 0.3) is 0 Å². The van der Waals surface area contributed by atoms with Crippen LogP contribution in [0.15, 0.2) is 0 Å². The molecule has 4 heteroatoms. The van der Waals surface area contributed by atoms with Gasteiger partial charge in [0.25, 0.3) is 0 Å². The van der Waals surface area contributed by atoms with Gasteiger partial charge in [-0.3, -0.25) is 10.1 Å². The molecule has 1 rings (SSSR count). The summed E-state index contributed by atoms with van der Waals surface area (Å²) in [5, 5.41) is 20.0. The van der Waals surface area contributed by atoms with Gasteiger partial charge in [0, 0.05) is 11.3 Å². The second kappa shape index (κ2) is 2.77. The molecule has 1 unspecified atom stereocenters. The monoisotopic (exact) mass is 159 g/mol. The summed E-state index contributed by atoms with van der Waals surface area (Å²) in [6.07, 6.45) is 2.83. The van der Waals surface area contributed by atoms with Crippen LogP contribution in [0.4, 0.5) is 0 Å². The molecule has 1 aliphatic carbocycles. The molecule has 0 aromatic heterocycles. The van der Waals surface area contributed by atoms with Crippen molar-refractivity contribution in [3.05, 3.63) is 10.1 Å². The van der Waals surface area contributed by atoms with Gasteiger partial charge in [0.1, 0.15) is 5.60 Å². The van der Waals surface area contributed by atoms with Crippen LogP contribution in [0.5, 0.6) is 0 Å². The Balaban J connectivity index is 2.67. The highest BCUT2D eigenvalue weighted by Gasteiger charge is 2.42. The number of hydrogen-bond acceptors (Lipinski definition) is 3. The highest BCUT2D eigenvalue weighted by molar-refractivity contribution is 4.85. The third-order valence-electron chi connectivity index (χ3n) is 2.38. The van der Waals surface area contributed by atoms with Gasteiger partial charge in [-0.25, -0.2) is 0 Å². The highest BCUT2D eigenvalue weighted by Crippen LogP contribution is 2.29. The van der Waals surface area contributed by atoms with Crippen LogP contribution in [-0.4, -0.2) is 21.7 Å². The molecule has 0 spiro atoms. The number of hydrogen-bond donors (Lipinski definition) is 1. The van der Waals surface area contributed by atoms with Crippen molar-refractivity contribution in [3.8, 4) is 0 Å². The summed E-state index contributed by atoms with van der Waals surface area (Å²) in [5.41, 5.74) is -1.08. The molecule has 0 amide bonds. The van der Waals surface area contributed by atoms with E-state index in [0.29, 0.717) is 12.8 Å². The molecule has 4 nitrogen and oxygen atoms in total. The molecule has 1 N–H and O–H groups in total. The Morgan fingerprint density at radius 1 is 1.64 bits per heavy atom. The average Bonchev–Trinajstić information content (AvgIpc) is 1.85. The number of aliphatic hydroxyl groups is 1. The molecular formula is C7H13NO3. The zero-order chi connectivity index (χ0) is 8.48. The van der Waals surface area contributed by atoms with Crippen molar-refractivity contribution in [2.24, 2.45) is 0 Å². The number of rotatable bonds is 1. The Morgan fingerprint density at radius 2 is 2.27 bits per heavy atom. The van der Waals surface area contributed by atoms with E-state index in [4.69, 9.17) is 0 Å². The Kier molecular flexibility index (Phi) is 2.13. The lowest BCUT2D eigenvalue weighted by Gasteiger charge is -2.30. The molecule has 0 aromatic carbocycles. The van der Waals surface area contributed by atoms with Crippen LogP contribution in [0.2, 0.25) is 0 Å². The summed E-state index contributed by atoms with van der Waals surface area (Å²) in [5.74, 6) is 0. The summed E-state index contributed by atoms with van der Waals surface area (Å²) < 4.78 is 0. The van der Waals surface area contributed by atoms with Crippen LogP contribution in [0.1, 0.15) is 32.6 Å². The second-order valence-electron chi connectivity index (χ2n) is 3.40. The Hall–Kier alpha value is -0.640. The molecular weight excluding hydrogens is 146 g/mol. The molecule has 0 saturated heterocycles. The zero-order valence-corrected chi connectivity index (χ0v) is 6.62. The predicted molar refractivity (Wildman–Crippen MR) is 39.9 cm³/mol. The molecule has 0 radical (unpaired) electrons. The first kappa shape index (κ1) is 8.46. The first-order valence-electron chi connectivity index (χ1n) is 3.90. The minimum atomic E-state index is -1.08. The van der Waals surface area contributed by atoms with Gasteiger partial charge in [-0.15, -0.1) is 0 Å². The van der Waals surface area contributed by atoms with Crippen molar-refractivity contribution in [3.63, 3.8) is 0 Å². The van der Waals surface area contributed by atoms with Gasteiger partial charge in [-0.05, 0) is 19.8 Å². The molecule has 1 aliphatic rings. The van der Waals surface area contributed by atoms with Crippen LogP contribution in [0, 0.1) is 10.1 Å². The SMILES string of the molecule is C[C@@]1(O)CCCCC1[N+](=O)[O-]. The van der Waals surface area contributed by atoms with E-state index in [1.54, 1.807) is 6.92 Å². The number of nitrogens with zero attached hydrogens (tertiary/aromatic N) is 1. The largest absolute Gasteiger partial charge is 0.383 e. The quantitative estimate of drug-likeness (QED) is 0.457. The van der Waals surface area contributed by atoms with Crippen molar-refractivity contribution in [2.45, 2.75) is 44.2 Å². The average molecular weight is 159 g/mol. The van der Waals surface area contributed by atoms with Gasteiger partial charge >= 0.3 is 0 Å². The zero-order valence-electron chi connectivity index (χ0n) is 6.62. The fourth-order valence-electron chi connectivity index (χ4n) is 1.63. The van der Waals surface area contributed by atoms with E-state index in [-0.39, 0.29) is 4.92 Å². The van der Waals surface area contributed by atoms with Gasteiger partial charge in [-0.2, -0.15) is 0 Å². The lowest BCUT2D eigenvalue weighted by molar-refractivity contribution is -0.548. The third kappa shape index (κ3) is 1.68. The Morgan fingerprint density at radius 3 is 2.64 bits per heavy atom. The lowest BCUT2D eigenvalue weighted by atomic mass is 9.82. The fourth-order valence-corrected chi connectivity index (χ4v) is 1.63. The Labute approximate surface area is 65.4 Å². The fraction of sp³-hybridized carbons (Fsp3) is 1.00. The van der Waals surface area contributed by atoms with Crippen molar-refractivity contribution >= 4 is 0 Å². The topological polar surface area (TPSA) is 63.4 Å². The molecule has 0 bridgehead atoms. The normalized spacial score (nSPS) is 38.5. The molecule has 0 aromatic rings. The minimum Gasteiger partial charge on any atom is -0.383 e. The van der Waals surface area contributed by atoms with E-state index in [2.05, 4.69) is 0 Å². The van der Waals surface area contributed by atoms with Crippen LogP contribution in [0.3, 0.4) is 0 Å². The van der Waals surface area contributed by atoms with Crippen molar-refractivity contribution in [1.29, 1.82) is 0 Å². The summed E-state index contributed by atoms with van der Waals surface area (Å²) in [7, 11) is 0. The van der Waals surface area contributed by atoms with E-state index in [9.17, 15) is 15.2 Å². The van der Waals surface area contributed by atoms with Gasteiger partial charge in [-0.1, -0.05) is 6.42 Å². The molecule has 2 atom stereocenters. The summed E-state index contributed by atoms with van der Waals surface area (Å²) in [6, 6.07) is -0.753. The van der Waals surface area contributed by atoms with E-state index in [1.165, 1.54) is 0 Å². The van der Waals surface area contributed by atoms with Crippen LogP contribution in [-0.2, 0) is 0 Å². The van der Waals surface area contributed by atoms with Gasteiger partial charge in [0.15, 0.2) is 0 Å². The van der Waals surface area contributed by atoms with Gasteiger partial charge in [0.2, 0.25) is 6.04 Å². The molecule has 0 heterocycles. The maximum Gasteiger partial charge on any atom is 0.241 e. The summed E-state index contributed by atoms with van der Waals surface area (Å²) in [6.45, 7) is 1.56. The smallest absolute Gasteiger partial charge is 0.241 e. The third-order valence-corrected chi connectivity index (χ3v) is 2.38. The minimum absolute atomic E-state index is 0.362. The maximum atomic E-state index is 10.4. The van der Waals surface area contributed by atoms with Crippen molar-refractivity contribution in [1.82, 2.24) is 0 Å². The number of nitro groups is 1. The second-order valence-corrected chi connectivity index (χ2v) is 3.40. The standard InChI is InChI=1S/C7H13NO3/c1-7(9)5-3-2-4-6(7)8(10)11/h6,9H,2-5H2,1H3/t6?,7-/m1/s1. The van der Waals surface area contributed by atoms with Crippen molar-refractivity contribution < 1.29 is 10.0 Å². The maximum absolute atomic E-state index is 10.4. The lowest BCUT2D eigenvalue weighted by Crippen LogP contribution is -2.46. The van der Waals surface area contributed by atoms with E-state index in [1.807, 2.05) is 0 Å². The molecule has 64 valence electrons. The van der Waals surface area contributed by atoms with Gasteiger partial charge < -0.3 is 5.11 Å². The van der Waals surface area contributed by atoms with Gasteiger partial charge in [0.05, 0.1) is 0 Å². The summed E-state index contributed by atoms with van der Waals surface area (Å²) >= 11 is 0. The van der Waals surface area contributed by atoms with E-state index >= 15 is 0 Å². The van der Waals surface area contributed by atoms with Crippen LogP contribution >= 0.6 is 0 Å². The summed E-state index contributed by atoms with van der Waals surface area (Å²) in [4.78, 5) is 10.1. The highest BCUT2D eigenvalue weighted by atomic mass is 16.6. The van der Waals surface area contributed by atoms with E-state index < -0.39 is 11.6 Å². The van der Waals surface area contributed by atoms with Crippen molar-refractivity contribution in [2.75, 3.05) is 0 Å². The molecule has 1 fully saturated rings. The molecule has 11 heavy (non-hydrogen) atoms.